The van der Waals surface area contributed by atoms with E-state index >= 15 is 0 Å². The van der Waals surface area contributed by atoms with Gasteiger partial charge in [-0.25, -0.2) is 8.78 Å². The minimum Gasteiger partial charge on any atom is -0.489 e. The standard InChI is InChI=1S/C16H12ClF2NO/c17-15-5-1-4-12(16(15)19)10-21-14-8-11(3-2-6-20)7-13(18)9-14/h1,4-5,7-9H,6,10,20H2. The van der Waals surface area contributed by atoms with Crippen LogP contribution in [0.5, 0.6) is 5.75 Å². The first-order valence-corrected chi connectivity index (χ1v) is 6.53. The molecule has 21 heavy (non-hydrogen) atoms. The van der Waals surface area contributed by atoms with Crippen LogP contribution in [0.25, 0.3) is 0 Å². The lowest BCUT2D eigenvalue weighted by atomic mass is 10.2. The van der Waals surface area contributed by atoms with Gasteiger partial charge in [-0.15, -0.1) is 0 Å². The molecule has 0 atom stereocenters. The monoisotopic (exact) mass is 307 g/mol. The SMILES string of the molecule is NCC#Cc1cc(F)cc(OCc2cccc(Cl)c2F)c1. The third-order valence-corrected chi connectivity index (χ3v) is 2.92. The van der Waals surface area contributed by atoms with E-state index in [0.29, 0.717) is 11.1 Å². The zero-order valence-electron chi connectivity index (χ0n) is 11.0. The molecule has 0 unspecified atom stereocenters. The van der Waals surface area contributed by atoms with Crippen molar-refractivity contribution >= 4 is 11.6 Å². The molecule has 2 rings (SSSR count). The molecule has 0 amide bonds. The summed E-state index contributed by atoms with van der Waals surface area (Å²) in [5.41, 5.74) is 6.00. The maximum absolute atomic E-state index is 13.7. The van der Waals surface area contributed by atoms with Crippen molar-refractivity contribution in [2.24, 2.45) is 5.73 Å². The van der Waals surface area contributed by atoms with Gasteiger partial charge >= 0.3 is 0 Å². The summed E-state index contributed by atoms with van der Waals surface area (Å²) in [4.78, 5) is 0. The zero-order valence-corrected chi connectivity index (χ0v) is 11.8. The van der Waals surface area contributed by atoms with Crippen LogP contribution in [-0.2, 0) is 6.61 Å². The van der Waals surface area contributed by atoms with Crippen LogP contribution in [0.1, 0.15) is 11.1 Å². The van der Waals surface area contributed by atoms with Crippen LogP contribution in [0.15, 0.2) is 36.4 Å². The van der Waals surface area contributed by atoms with Gasteiger partial charge in [0.1, 0.15) is 24.0 Å². The molecule has 5 heteroatoms. The number of rotatable bonds is 3. The van der Waals surface area contributed by atoms with Gasteiger partial charge in [-0.2, -0.15) is 0 Å². The smallest absolute Gasteiger partial charge is 0.148 e. The number of halogens is 3. The molecular weight excluding hydrogens is 296 g/mol. The maximum Gasteiger partial charge on any atom is 0.148 e. The van der Waals surface area contributed by atoms with Crippen LogP contribution in [0, 0.1) is 23.5 Å². The zero-order chi connectivity index (χ0) is 15.2. The Morgan fingerprint density at radius 2 is 2.00 bits per heavy atom. The van der Waals surface area contributed by atoms with E-state index in [9.17, 15) is 8.78 Å². The number of nitrogens with two attached hydrogens (primary N) is 1. The lowest BCUT2D eigenvalue weighted by Gasteiger charge is -2.08. The van der Waals surface area contributed by atoms with Crippen molar-refractivity contribution in [1.82, 2.24) is 0 Å². The van der Waals surface area contributed by atoms with Gasteiger partial charge in [0.05, 0.1) is 11.6 Å². The molecule has 2 N–H and O–H groups in total. The van der Waals surface area contributed by atoms with E-state index in [-0.39, 0.29) is 23.9 Å². The minimum atomic E-state index is -0.543. The lowest BCUT2D eigenvalue weighted by Crippen LogP contribution is -1.99. The molecule has 0 aromatic heterocycles. The highest BCUT2D eigenvalue weighted by molar-refractivity contribution is 6.30. The summed E-state index contributed by atoms with van der Waals surface area (Å²) >= 11 is 5.68. The minimum absolute atomic E-state index is 0.0184. The van der Waals surface area contributed by atoms with Crippen LogP contribution in [-0.4, -0.2) is 6.54 Å². The summed E-state index contributed by atoms with van der Waals surface area (Å²) < 4.78 is 32.5. The molecule has 0 fully saturated rings. The van der Waals surface area contributed by atoms with Crippen molar-refractivity contribution in [2.45, 2.75) is 6.61 Å². The number of hydrogen-bond acceptors (Lipinski definition) is 2. The van der Waals surface area contributed by atoms with Crippen LogP contribution in [0.4, 0.5) is 8.78 Å². The Morgan fingerprint density at radius 3 is 2.76 bits per heavy atom. The first kappa shape index (κ1) is 15.3. The molecule has 0 heterocycles. The van der Waals surface area contributed by atoms with E-state index in [4.69, 9.17) is 22.1 Å². The Morgan fingerprint density at radius 1 is 1.19 bits per heavy atom. The van der Waals surface area contributed by atoms with Crippen molar-refractivity contribution in [3.8, 4) is 17.6 Å². The number of benzene rings is 2. The van der Waals surface area contributed by atoms with Crippen molar-refractivity contribution in [3.05, 3.63) is 64.2 Å². The summed E-state index contributed by atoms with van der Waals surface area (Å²) in [6, 6.07) is 8.66. The van der Waals surface area contributed by atoms with E-state index in [1.54, 1.807) is 18.2 Å². The molecule has 0 spiro atoms. The van der Waals surface area contributed by atoms with Crippen molar-refractivity contribution in [2.75, 3.05) is 6.54 Å². The fraction of sp³-hybridized carbons (Fsp3) is 0.125. The normalized spacial score (nSPS) is 9.90. The van der Waals surface area contributed by atoms with Crippen molar-refractivity contribution in [1.29, 1.82) is 0 Å². The topological polar surface area (TPSA) is 35.2 Å². The Bertz CT molecular complexity index is 707. The molecular formula is C16H12ClF2NO. The molecule has 0 aliphatic carbocycles. The quantitative estimate of drug-likeness (QED) is 0.881. The Balaban J connectivity index is 2.16. The van der Waals surface area contributed by atoms with Gasteiger partial charge in [-0.1, -0.05) is 35.6 Å². The van der Waals surface area contributed by atoms with E-state index in [1.165, 1.54) is 18.2 Å². The predicted octanol–water partition coefficient (Wildman–Crippen LogP) is 3.51. The van der Waals surface area contributed by atoms with Gasteiger partial charge in [0.25, 0.3) is 0 Å². The average molecular weight is 308 g/mol. The third-order valence-electron chi connectivity index (χ3n) is 2.63. The molecule has 0 aliphatic heterocycles. The van der Waals surface area contributed by atoms with Crippen LogP contribution in [0.3, 0.4) is 0 Å². The van der Waals surface area contributed by atoms with E-state index < -0.39 is 11.6 Å². The van der Waals surface area contributed by atoms with Gasteiger partial charge in [0, 0.05) is 17.2 Å². The van der Waals surface area contributed by atoms with E-state index in [1.807, 2.05) is 0 Å². The molecule has 108 valence electrons. The van der Waals surface area contributed by atoms with Crippen LogP contribution < -0.4 is 10.5 Å². The first-order chi connectivity index (χ1) is 10.1. The number of hydrogen-bond donors (Lipinski definition) is 1. The fourth-order valence-electron chi connectivity index (χ4n) is 1.69. The lowest BCUT2D eigenvalue weighted by molar-refractivity contribution is 0.298. The van der Waals surface area contributed by atoms with Gasteiger partial charge in [-0.05, 0) is 18.2 Å². The summed E-state index contributed by atoms with van der Waals surface area (Å²) in [7, 11) is 0. The summed E-state index contributed by atoms with van der Waals surface area (Å²) in [6.45, 7) is 0.125. The Labute approximate surface area is 126 Å². The summed E-state index contributed by atoms with van der Waals surface area (Å²) in [5.74, 6) is 4.57. The fourth-order valence-corrected chi connectivity index (χ4v) is 1.89. The second kappa shape index (κ2) is 7.07. The first-order valence-electron chi connectivity index (χ1n) is 6.15. The highest BCUT2D eigenvalue weighted by atomic mass is 35.5. The van der Waals surface area contributed by atoms with Gasteiger partial charge in [-0.3, -0.25) is 0 Å². The molecule has 0 saturated carbocycles. The molecule has 0 radical (unpaired) electrons. The van der Waals surface area contributed by atoms with Gasteiger partial charge in [0.2, 0.25) is 0 Å². The molecule has 0 aliphatic rings. The molecule has 0 saturated heterocycles. The van der Waals surface area contributed by atoms with E-state index in [2.05, 4.69) is 11.8 Å². The third kappa shape index (κ3) is 4.19. The predicted molar refractivity (Wildman–Crippen MR) is 78.1 cm³/mol. The molecule has 2 aromatic carbocycles. The largest absolute Gasteiger partial charge is 0.489 e. The Hall–Kier alpha value is -2.09. The molecule has 2 aromatic rings. The van der Waals surface area contributed by atoms with Gasteiger partial charge < -0.3 is 10.5 Å². The van der Waals surface area contributed by atoms with Crippen molar-refractivity contribution < 1.29 is 13.5 Å². The second-order valence-electron chi connectivity index (χ2n) is 4.18. The number of ether oxygens (including phenoxy) is 1. The van der Waals surface area contributed by atoms with Crippen LogP contribution >= 0.6 is 11.6 Å². The van der Waals surface area contributed by atoms with E-state index in [0.717, 1.165) is 0 Å². The second-order valence-corrected chi connectivity index (χ2v) is 4.59. The summed E-state index contributed by atoms with van der Waals surface area (Å²) in [6.07, 6.45) is 0. The van der Waals surface area contributed by atoms with Crippen LogP contribution in [0.2, 0.25) is 5.02 Å². The molecule has 0 bridgehead atoms. The Kier molecular flexibility index (Phi) is 5.15. The maximum atomic E-state index is 13.7. The highest BCUT2D eigenvalue weighted by Gasteiger charge is 2.07. The average Bonchev–Trinajstić information content (AvgIpc) is 2.46. The highest BCUT2D eigenvalue weighted by Crippen LogP contribution is 2.21. The molecule has 2 nitrogen and oxygen atoms in total. The summed E-state index contributed by atoms with van der Waals surface area (Å²) in [5, 5.41) is 0.0184. The van der Waals surface area contributed by atoms with Gasteiger partial charge in [0.15, 0.2) is 0 Å². The van der Waals surface area contributed by atoms with Crippen molar-refractivity contribution in [3.63, 3.8) is 0 Å².